The van der Waals surface area contributed by atoms with Gasteiger partial charge in [-0.3, -0.25) is 14.7 Å². The molecule has 0 saturated carbocycles. The molecule has 0 aliphatic carbocycles. The van der Waals surface area contributed by atoms with Crippen molar-refractivity contribution in [3.05, 3.63) is 0 Å². The maximum atomic E-state index is 11.1. The molecule has 10 nitrogen and oxygen atoms in total. The molecule has 0 aromatic heterocycles. The van der Waals surface area contributed by atoms with Crippen LogP contribution in [0.15, 0.2) is 9.98 Å². The molecular weight excluding hydrogens is 244 g/mol. The highest BCUT2D eigenvalue weighted by Gasteiger charge is 2.45. The Kier molecular flexibility index (Phi) is 1.90. The number of carbonyl (C=O) groups excluding carboxylic acids is 3. The number of urea groups is 2. The van der Waals surface area contributed by atoms with Crippen LogP contribution in [-0.4, -0.2) is 46.8 Å². The van der Waals surface area contributed by atoms with Crippen LogP contribution in [0.25, 0.3) is 0 Å². The Morgan fingerprint density at radius 2 is 1.81 bits per heavy atom. The number of rotatable bonds is 1. The first kappa shape index (κ1) is 10.4. The number of amides is 5. The summed E-state index contributed by atoms with van der Waals surface area (Å²) in [5.41, 5.74) is -0.637. The lowest BCUT2D eigenvalue weighted by atomic mass is 10.3. The minimum Gasteiger partial charge on any atom is -0.271 e. The van der Waals surface area contributed by atoms with E-state index in [-0.39, 0.29) is 4.31 Å². The molecule has 2 rings (SSSR count). The number of fused-ring (bicyclic) bond motifs is 1. The van der Waals surface area contributed by atoms with Crippen molar-refractivity contribution in [2.45, 2.75) is 0 Å². The Bertz CT molecular complexity index is 586. The molecule has 2 aliphatic heterocycles. The van der Waals surface area contributed by atoms with Gasteiger partial charge >= 0.3 is 22.4 Å². The maximum absolute atomic E-state index is 11.1. The van der Waals surface area contributed by atoms with Crippen molar-refractivity contribution in [2.24, 2.45) is 9.98 Å². The highest BCUT2D eigenvalue weighted by Crippen LogP contribution is 2.14. The van der Waals surface area contributed by atoms with E-state index in [4.69, 9.17) is 4.55 Å². The first-order valence-corrected chi connectivity index (χ1v) is 5.05. The number of imide groups is 1. The molecule has 0 unspecified atom stereocenters. The fraction of sp³-hybridized carbons (Fsp3) is 0. The van der Waals surface area contributed by atoms with Gasteiger partial charge in [0.15, 0.2) is 11.5 Å². The van der Waals surface area contributed by atoms with Crippen molar-refractivity contribution < 1.29 is 27.4 Å². The van der Waals surface area contributed by atoms with E-state index >= 15 is 0 Å². The zero-order chi connectivity index (χ0) is 12.1. The molecule has 2 heterocycles. The molecule has 0 radical (unpaired) electrons. The number of nitrogens with zero attached hydrogens (tertiary/aromatic N) is 3. The molecule has 2 aliphatic rings. The quantitative estimate of drug-likeness (QED) is 0.528. The lowest BCUT2D eigenvalue weighted by Crippen LogP contribution is -2.48. The van der Waals surface area contributed by atoms with Gasteiger partial charge in [0.25, 0.3) is 5.91 Å². The summed E-state index contributed by atoms with van der Waals surface area (Å²) in [6.07, 6.45) is 0. The molecule has 16 heavy (non-hydrogen) atoms. The topological polar surface area (TPSA) is 146 Å². The highest BCUT2D eigenvalue weighted by atomic mass is 32.2. The smallest absolute Gasteiger partial charge is 0.271 e. The molecule has 0 aromatic rings. The standard InChI is InChI=1S/C5H2N4O6S/c10-3-1-2(7-4(11)8-3)9(5(12)6-1)16(13,14)15/h(H,8,10,11)(H,13,14,15). The SMILES string of the molecule is O=C1N=C2C(=NC(=O)N2S(=O)(=O)O)C(=O)N1. The average Bonchev–Trinajstić information content (AvgIpc) is 2.40. The van der Waals surface area contributed by atoms with Gasteiger partial charge in [0.1, 0.15) is 0 Å². The van der Waals surface area contributed by atoms with Crippen molar-refractivity contribution in [1.29, 1.82) is 0 Å². The summed E-state index contributed by atoms with van der Waals surface area (Å²) in [4.78, 5) is 39.1. The van der Waals surface area contributed by atoms with Crippen molar-refractivity contribution in [2.75, 3.05) is 0 Å². The molecule has 0 fully saturated rings. The van der Waals surface area contributed by atoms with Crippen LogP contribution < -0.4 is 5.32 Å². The fourth-order valence-corrected chi connectivity index (χ4v) is 1.70. The van der Waals surface area contributed by atoms with Gasteiger partial charge < -0.3 is 0 Å². The Morgan fingerprint density at radius 1 is 1.19 bits per heavy atom. The zero-order valence-corrected chi connectivity index (χ0v) is 8.05. The van der Waals surface area contributed by atoms with Gasteiger partial charge in [0.05, 0.1) is 0 Å². The third-order valence-corrected chi connectivity index (χ3v) is 2.45. The second-order valence-corrected chi connectivity index (χ2v) is 3.94. The molecule has 2 N–H and O–H groups in total. The van der Waals surface area contributed by atoms with Crippen LogP contribution >= 0.6 is 0 Å². The molecule has 0 atom stereocenters. The summed E-state index contributed by atoms with van der Waals surface area (Å²) >= 11 is 0. The molecule has 0 spiro atoms. The van der Waals surface area contributed by atoms with Gasteiger partial charge in [-0.15, -0.1) is 4.31 Å². The second-order valence-electron chi connectivity index (χ2n) is 2.68. The number of hydrogen-bond donors (Lipinski definition) is 2. The van der Waals surface area contributed by atoms with Crippen molar-refractivity contribution >= 4 is 39.8 Å². The molecule has 5 amide bonds. The highest BCUT2D eigenvalue weighted by molar-refractivity contribution is 7.84. The van der Waals surface area contributed by atoms with Gasteiger partial charge in [-0.25, -0.2) is 9.59 Å². The van der Waals surface area contributed by atoms with Crippen LogP contribution in [0.3, 0.4) is 0 Å². The van der Waals surface area contributed by atoms with Crippen LogP contribution in [0.2, 0.25) is 0 Å². The summed E-state index contributed by atoms with van der Waals surface area (Å²) in [6.45, 7) is 0. The molecule has 84 valence electrons. The van der Waals surface area contributed by atoms with E-state index in [1.54, 1.807) is 5.32 Å². The Balaban J connectivity index is 2.62. The van der Waals surface area contributed by atoms with E-state index < -0.39 is 39.8 Å². The summed E-state index contributed by atoms with van der Waals surface area (Å²) in [6, 6.07) is -2.57. The lowest BCUT2D eigenvalue weighted by molar-refractivity contribution is -0.113. The number of nitrogens with one attached hydrogen (secondary N) is 1. The minimum absolute atomic E-state index is 0.237. The van der Waals surface area contributed by atoms with Crippen LogP contribution in [-0.2, 0) is 15.1 Å². The fourth-order valence-electron chi connectivity index (χ4n) is 1.12. The van der Waals surface area contributed by atoms with Gasteiger partial charge in [-0.1, -0.05) is 0 Å². The van der Waals surface area contributed by atoms with Crippen molar-refractivity contribution in [3.63, 3.8) is 0 Å². The molecule has 11 heteroatoms. The maximum Gasteiger partial charge on any atom is 0.369 e. The summed E-state index contributed by atoms with van der Waals surface area (Å²) in [7, 11) is -4.96. The third-order valence-electron chi connectivity index (χ3n) is 1.66. The van der Waals surface area contributed by atoms with Crippen LogP contribution in [0.1, 0.15) is 0 Å². The first-order valence-electron chi connectivity index (χ1n) is 3.65. The van der Waals surface area contributed by atoms with Crippen LogP contribution in [0.5, 0.6) is 0 Å². The van der Waals surface area contributed by atoms with E-state index in [1.807, 2.05) is 0 Å². The molecule has 0 aromatic carbocycles. The van der Waals surface area contributed by atoms with Crippen LogP contribution in [0, 0.1) is 0 Å². The van der Waals surface area contributed by atoms with Crippen molar-refractivity contribution in [3.8, 4) is 0 Å². The predicted molar refractivity (Wildman–Crippen MR) is 47.2 cm³/mol. The number of amidine groups is 1. The van der Waals surface area contributed by atoms with E-state index in [0.29, 0.717) is 0 Å². The molecule has 0 bridgehead atoms. The van der Waals surface area contributed by atoms with Crippen LogP contribution in [0.4, 0.5) is 9.59 Å². The predicted octanol–water partition coefficient (Wildman–Crippen LogP) is -1.69. The number of aliphatic imine (C=N–C) groups is 2. The van der Waals surface area contributed by atoms with Gasteiger partial charge in [0.2, 0.25) is 0 Å². The first-order chi connectivity index (χ1) is 7.30. The van der Waals surface area contributed by atoms with Crippen molar-refractivity contribution in [1.82, 2.24) is 9.62 Å². The number of hydrogen-bond acceptors (Lipinski definition) is 5. The Labute approximate surface area is 87.5 Å². The minimum atomic E-state index is -4.96. The van der Waals surface area contributed by atoms with Gasteiger partial charge in [0, 0.05) is 0 Å². The monoisotopic (exact) mass is 246 g/mol. The normalized spacial score (nSPS) is 20.3. The van der Waals surface area contributed by atoms with E-state index in [1.165, 1.54) is 0 Å². The summed E-state index contributed by atoms with van der Waals surface area (Å²) in [5.74, 6) is -1.87. The Morgan fingerprint density at radius 3 is 2.38 bits per heavy atom. The van der Waals surface area contributed by atoms with E-state index in [2.05, 4.69) is 9.98 Å². The zero-order valence-electron chi connectivity index (χ0n) is 7.24. The third kappa shape index (κ3) is 1.38. The average molecular weight is 246 g/mol. The van der Waals surface area contributed by atoms with E-state index in [0.717, 1.165) is 0 Å². The Hall–Kier alpha value is -2.14. The van der Waals surface area contributed by atoms with E-state index in [9.17, 15) is 22.8 Å². The lowest BCUT2D eigenvalue weighted by Gasteiger charge is -2.14. The summed E-state index contributed by atoms with van der Waals surface area (Å²) < 4.78 is 30.0. The van der Waals surface area contributed by atoms with Gasteiger partial charge in [-0.2, -0.15) is 18.4 Å². The largest absolute Gasteiger partial charge is 0.369 e. The second kappa shape index (κ2) is 2.93. The molecule has 0 saturated heterocycles. The number of carbonyl (C=O) groups is 3. The van der Waals surface area contributed by atoms with Gasteiger partial charge in [-0.05, 0) is 0 Å². The molecular formula is C5H2N4O6S. The summed E-state index contributed by atoms with van der Waals surface area (Å²) in [5, 5.41) is 1.69.